The molecule has 2 fully saturated rings. The quantitative estimate of drug-likeness (QED) is 0.831. The van der Waals surface area contributed by atoms with Crippen molar-refractivity contribution < 1.29 is 13.2 Å². The molecule has 0 bridgehead atoms. The van der Waals surface area contributed by atoms with Crippen molar-refractivity contribution in [2.24, 2.45) is 5.92 Å². The van der Waals surface area contributed by atoms with Crippen LogP contribution in [0.2, 0.25) is 0 Å². The lowest BCUT2D eigenvalue weighted by Gasteiger charge is -2.33. The normalized spacial score (nSPS) is 24.2. The number of hydrogen-bond donors (Lipinski definition) is 1. The summed E-state index contributed by atoms with van der Waals surface area (Å²) in [6, 6.07) is 0.422. The molecule has 0 unspecified atom stereocenters. The number of likely N-dealkylation sites (tertiary alicyclic amines) is 1. The Bertz CT molecular complexity index is 254. The topological polar surface area (TPSA) is 15.3 Å². The Morgan fingerprint density at radius 2 is 1.63 bits per heavy atom. The maximum absolute atomic E-state index is 12.3. The van der Waals surface area contributed by atoms with Gasteiger partial charge in [-0.25, -0.2) is 0 Å². The van der Waals surface area contributed by atoms with Gasteiger partial charge in [0.25, 0.3) is 0 Å². The van der Waals surface area contributed by atoms with Gasteiger partial charge in [0, 0.05) is 6.04 Å². The molecular formula is C14H25F3N2. The number of rotatable bonds is 5. The van der Waals surface area contributed by atoms with Gasteiger partial charge in [-0.3, -0.25) is 4.90 Å². The second-order valence-electron chi connectivity index (χ2n) is 6.06. The molecule has 2 aliphatic rings. The second kappa shape index (κ2) is 6.93. The molecule has 0 spiro atoms. The molecule has 0 aromatic rings. The molecule has 19 heavy (non-hydrogen) atoms. The number of nitrogens with zero attached hydrogens (tertiary/aromatic N) is 1. The maximum atomic E-state index is 12.3. The Kier molecular flexibility index (Phi) is 5.51. The van der Waals surface area contributed by atoms with E-state index < -0.39 is 12.7 Å². The smallest absolute Gasteiger partial charge is 0.314 e. The van der Waals surface area contributed by atoms with Gasteiger partial charge in [0.05, 0.1) is 6.54 Å². The molecule has 0 atom stereocenters. The lowest BCUT2D eigenvalue weighted by molar-refractivity contribution is -0.148. The SMILES string of the molecule is FC(F)(F)CN1CCC(NCCC2CCCC2)CC1. The van der Waals surface area contributed by atoms with Gasteiger partial charge in [0.1, 0.15) is 0 Å². The molecule has 1 saturated heterocycles. The Labute approximate surface area is 113 Å². The molecule has 0 aromatic carbocycles. The van der Waals surface area contributed by atoms with Gasteiger partial charge in [0.2, 0.25) is 0 Å². The fourth-order valence-corrected chi connectivity index (χ4v) is 3.34. The standard InChI is InChI=1S/C14H25F3N2/c15-14(16,17)11-19-9-6-13(7-10-19)18-8-5-12-3-1-2-4-12/h12-13,18H,1-11H2. The van der Waals surface area contributed by atoms with Crippen molar-refractivity contribution in [1.82, 2.24) is 10.2 Å². The summed E-state index contributed by atoms with van der Waals surface area (Å²) in [5.41, 5.74) is 0. The zero-order valence-corrected chi connectivity index (χ0v) is 11.5. The molecule has 1 aliphatic carbocycles. The van der Waals surface area contributed by atoms with Crippen LogP contribution >= 0.6 is 0 Å². The Morgan fingerprint density at radius 3 is 2.21 bits per heavy atom. The Hall–Kier alpha value is -0.290. The van der Waals surface area contributed by atoms with E-state index in [0.29, 0.717) is 19.1 Å². The van der Waals surface area contributed by atoms with Crippen molar-refractivity contribution in [3.05, 3.63) is 0 Å². The summed E-state index contributed by atoms with van der Waals surface area (Å²) >= 11 is 0. The first kappa shape index (κ1) is 15.1. The largest absolute Gasteiger partial charge is 0.401 e. The fourth-order valence-electron chi connectivity index (χ4n) is 3.34. The molecule has 2 rings (SSSR count). The van der Waals surface area contributed by atoms with Crippen LogP contribution in [0.4, 0.5) is 13.2 Å². The highest BCUT2D eigenvalue weighted by atomic mass is 19.4. The number of piperidine rings is 1. The van der Waals surface area contributed by atoms with Crippen LogP contribution in [0.1, 0.15) is 44.9 Å². The van der Waals surface area contributed by atoms with Gasteiger partial charge in [-0.05, 0) is 44.8 Å². The lowest BCUT2D eigenvalue weighted by Crippen LogP contribution is -2.45. The van der Waals surface area contributed by atoms with Crippen LogP contribution < -0.4 is 5.32 Å². The van der Waals surface area contributed by atoms with Gasteiger partial charge in [-0.15, -0.1) is 0 Å². The Morgan fingerprint density at radius 1 is 1.00 bits per heavy atom. The van der Waals surface area contributed by atoms with E-state index in [9.17, 15) is 13.2 Å². The minimum absolute atomic E-state index is 0.422. The molecular weight excluding hydrogens is 253 g/mol. The van der Waals surface area contributed by atoms with E-state index in [2.05, 4.69) is 5.32 Å². The minimum atomic E-state index is -4.05. The van der Waals surface area contributed by atoms with Crippen LogP contribution in [0.3, 0.4) is 0 Å². The summed E-state index contributed by atoms with van der Waals surface area (Å²) < 4.78 is 36.8. The predicted octanol–water partition coefficient (Wildman–Crippen LogP) is 3.18. The highest BCUT2D eigenvalue weighted by molar-refractivity contribution is 4.79. The number of alkyl halides is 3. The highest BCUT2D eigenvalue weighted by Crippen LogP contribution is 2.27. The van der Waals surface area contributed by atoms with Crippen molar-refractivity contribution in [3.8, 4) is 0 Å². The molecule has 112 valence electrons. The summed E-state index contributed by atoms with van der Waals surface area (Å²) in [6.07, 6.45) is 4.37. The van der Waals surface area contributed by atoms with Crippen LogP contribution in [-0.2, 0) is 0 Å². The van der Waals surface area contributed by atoms with Crippen LogP contribution in [0, 0.1) is 5.92 Å². The van der Waals surface area contributed by atoms with Crippen molar-refractivity contribution >= 4 is 0 Å². The third-order valence-corrected chi connectivity index (χ3v) is 4.45. The van der Waals surface area contributed by atoms with Crippen molar-refractivity contribution in [1.29, 1.82) is 0 Å². The van der Waals surface area contributed by atoms with Gasteiger partial charge in [-0.2, -0.15) is 13.2 Å². The van der Waals surface area contributed by atoms with Crippen molar-refractivity contribution in [2.75, 3.05) is 26.2 Å². The number of nitrogens with one attached hydrogen (secondary N) is 1. The fraction of sp³-hybridized carbons (Fsp3) is 1.00. The van der Waals surface area contributed by atoms with Crippen molar-refractivity contribution in [2.45, 2.75) is 57.2 Å². The third-order valence-electron chi connectivity index (χ3n) is 4.45. The van der Waals surface area contributed by atoms with E-state index in [-0.39, 0.29) is 0 Å². The molecule has 1 aliphatic heterocycles. The van der Waals surface area contributed by atoms with Crippen LogP contribution in [0.15, 0.2) is 0 Å². The molecule has 2 nitrogen and oxygen atoms in total. The molecule has 1 saturated carbocycles. The summed E-state index contributed by atoms with van der Waals surface area (Å²) in [6.45, 7) is 1.43. The van der Waals surface area contributed by atoms with E-state index in [0.717, 1.165) is 25.3 Å². The number of halogens is 3. The van der Waals surface area contributed by atoms with E-state index >= 15 is 0 Å². The van der Waals surface area contributed by atoms with E-state index in [1.165, 1.54) is 37.0 Å². The third kappa shape index (κ3) is 5.69. The molecule has 0 radical (unpaired) electrons. The average Bonchev–Trinajstić information content (AvgIpc) is 2.82. The maximum Gasteiger partial charge on any atom is 0.401 e. The van der Waals surface area contributed by atoms with Gasteiger partial charge in [-0.1, -0.05) is 25.7 Å². The zero-order chi connectivity index (χ0) is 13.7. The van der Waals surface area contributed by atoms with E-state index in [4.69, 9.17) is 0 Å². The minimum Gasteiger partial charge on any atom is -0.314 e. The van der Waals surface area contributed by atoms with Gasteiger partial charge < -0.3 is 5.32 Å². The summed E-state index contributed by atoms with van der Waals surface area (Å²) in [5, 5.41) is 3.52. The monoisotopic (exact) mass is 278 g/mol. The van der Waals surface area contributed by atoms with Gasteiger partial charge >= 0.3 is 6.18 Å². The summed E-state index contributed by atoms with van der Waals surface area (Å²) in [7, 11) is 0. The van der Waals surface area contributed by atoms with Gasteiger partial charge in [0.15, 0.2) is 0 Å². The zero-order valence-electron chi connectivity index (χ0n) is 11.5. The first-order valence-corrected chi connectivity index (χ1v) is 7.55. The Balaban J connectivity index is 1.55. The van der Waals surface area contributed by atoms with E-state index in [1.807, 2.05) is 0 Å². The summed E-state index contributed by atoms with van der Waals surface area (Å²) in [5.74, 6) is 0.887. The van der Waals surface area contributed by atoms with Crippen LogP contribution in [-0.4, -0.2) is 43.3 Å². The van der Waals surface area contributed by atoms with Crippen LogP contribution in [0.5, 0.6) is 0 Å². The lowest BCUT2D eigenvalue weighted by atomic mass is 10.0. The van der Waals surface area contributed by atoms with E-state index in [1.54, 1.807) is 0 Å². The first-order valence-electron chi connectivity index (χ1n) is 7.55. The summed E-state index contributed by atoms with van der Waals surface area (Å²) in [4.78, 5) is 1.52. The molecule has 1 heterocycles. The van der Waals surface area contributed by atoms with Crippen molar-refractivity contribution in [3.63, 3.8) is 0 Å². The molecule has 0 amide bonds. The van der Waals surface area contributed by atoms with Crippen LogP contribution in [0.25, 0.3) is 0 Å². The molecule has 5 heteroatoms. The predicted molar refractivity (Wildman–Crippen MR) is 70.1 cm³/mol. The highest BCUT2D eigenvalue weighted by Gasteiger charge is 2.32. The number of hydrogen-bond acceptors (Lipinski definition) is 2. The first-order chi connectivity index (χ1) is 9.03. The average molecular weight is 278 g/mol. The molecule has 0 aromatic heterocycles. The molecule has 1 N–H and O–H groups in total. The second-order valence-corrected chi connectivity index (χ2v) is 6.06.